The minimum atomic E-state index is -0.0558. The number of thioether (sulfide) groups is 1. The second-order valence-electron chi connectivity index (χ2n) is 6.67. The number of hydrogen-bond donors (Lipinski definition) is 2. The van der Waals surface area contributed by atoms with Crippen molar-refractivity contribution in [2.45, 2.75) is 75.9 Å². The molecule has 1 aromatic rings. The van der Waals surface area contributed by atoms with Crippen molar-refractivity contribution >= 4 is 17.8 Å². The van der Waals surface area contributed by atoms with E-state index in [0.29, 0.717) is 6.54 Å². The van der Waals surface area contributed by atoms with Crippen LogP contribution in [0.15, 0.2) is 23.6 Å². The van der Waals surface area contributed by atoms with Gasteiger partial charge in [0.05, 0.1) is 0 Å². The van der Waals surface area contributed by atoms with Crippen molar-refractivity contribution in [3.8, 4) is 0 Å². The molecule has 146 valence electrons. The van der Waals surface area contributed by atoms with Gasteiger partial charge in [0.15, 0.2) is 5.16 Å². The van der Waals surface area contributed by atoms with Gasteiger partial charge >= 0.3 is 6.03 Å². The van der Waals surface area contributed by atoms with Gasteiger partial charge in [-0.25, -0.2) is 14.5 Å². The number of nitrogens with zero attached hydrogens (tertiary/aromatic N) is 3. The predicted octanol–water partition coefficient (Wildman–Crippen LogP) is 4.14. The summed E-state index contributed by atoms with van der Waals surface area (Å²) in [5.41, 5.74) is 0. The van der Waals surface area contributed by atoms with Crippen LogP contribution in [0.3, 0.4) is 0 Å². The SMILES string of the molecule is O=C1NCCCC/C=C\CCCCCCSc2ncnn2CCCCN1. The number of carbonyl (C=O) groups is 1. The van der Waals surface area contributed by atoms with Crippen LogP contribution in [0.25, 0.3) is 0 Å². The van der Waals surface area contributed by atoms with Crippen molar-refractivity contribution in [2.24, 2.45) is 0 Å². The van der Waals surface area contributed by atoms with E-state index in [0.717, 1.165) is 56.1 Å². The number of hydrogen-bond acceptors (Lipinski definition) is 4. The minimum Gasteiger partial charge on any atom is -0.338 e. The molecule has 0 aliphatic carbocycles. The number of nitrogens with one attached hydrogen (secondary N) is 2. The lowest BCUT2D eigenvalue weighted by atomic mass is 10.1. The molecule has 0 unspecified atom stereocenters. The first kappa shape index (κ1) is 20.8. The summed E-state index contributed by atoms with van der Waals surface area (Å²) in [6, 6.07) is -0.0558. The van der Waals surface area contributed by atoms with Crippen LogP contribution >= 0.6 is 11.8 Å². The smallest absolute Gasteiger partial charge is 0.314 e. The Bertz CT molecular complexity index is 532. The molecule has 2 N–H and O–H groups in total. The monoisotopic (exact) mass is 379 g/mol. The van der Waals surface area contributed by atoms with E-state index in [4.69, 9.17) is 0 Å². The van der Waals surface area contributed by atoms with Crippen LogP contribution in [-0.2, 0) is 6.54 Å². The van der Waals surface area contributed by atoms with E-state index in [1.807, 2.05) is 4.68 Å². The fraction of sp³-hybridized carbons (Fsp3) is 0.737. The lowest BCUT2D eigenvalue weighted by molar-refractivity contribution is 0.240. The molecule has 1 aliphatic heterocycles. The van der Waals surface area contributed by atoms with Crippen LogP contribution in [0.5, 0.6) is 0 Å². The zero-order valence-electron chi connectivity index (χ0n) is 15.8. The molecule has 0 radical (unpaired) electrons. The third kappa shape index (κ3) is 9.27. The number of carbonyl (C=O) groups excluding carboxylic acids is 1. The molecule has 1 aromatic heterocycles. The van der Waals surface area contributed by atoms with Gasteiger partial charge in [-0.05, 0) is 51.4 Å². The van der Waals surface area contributed by atoms with Crippen molar-refractivity contribution in [1.82, 2.24) is 25.4 Å². The number of aromatic nitrogens is 3. The van der Waals surface area contributed by atoms with Crippen LogP contribution in [0.2, 0.25) is 0 Å². The van der Waals surface area contributed by atoms with Gasteiger partial charge in [0, 0.05) is 25.4 Å². The average Bonchev–Trinajstić information content (AvgIpc) is 3.08. The van der Waals surface area contributed by atoms with Gasteiger partial charge in [-0.2, -0.15) is 5.10 Å². The van der Waals surface area contributed by atoms with Crippen LogP contribution in [-0.4, -0.2) is 39.6 Å². The summed E-state index contributed by atoms with van der Waals surface area (Å²) in [5, 5.41) is 11.2. The Morgan fingerprint density at radius 3 is 2.38 bits per heavy atom. The summed E-state index contributed by atoms with van der Waals surface area (Å²) in [7, 11) is 0. The van der Waals surface area contributed by atoms with Gasteiger partial charge in [-0.3, -0.25) is 0 Å². The molecule has 0 spiro atoms. The molecule has 0 saturated heterocycles. The second-order valence-corrected chi connectivity index (χ2v) is 7.74. The zero-order chi connectivity index (χ0) is 18.3. The van der Waals surface area contributed by atoms with E-state index in [2.05, 4.69) is 32.9 Å². The molecule has 0 fully saturated rings. The lowest BCUT2D eigenvalue weighted by Gasteiger charge is -2.08. The topological polar surface area (TPSA) is 71.8 Å². The molecule has 0 aromatic carbocycles. The highest BCUT2D eigenvalue weighted by Crippen LogP contribution is 2.17. The molecule has 0 atom stereocenters. The summed E-state index contributed by atoms with van der Waals surface area (Å²) in [6.45, 7) is 2.31. The molecule has 1 aliphatic rings. The quantitative estimate of drug-likeness (QED) is 0.665. The summed E-state index contributed by atoms with van der Waals surface area (Å²) in [6.07, 6.45) is 17.7. The van der Waals surface area contributed by atoms with Gasteiger partial charge in [0.1, 0.15) is 6.33 Å². The number of aryl methyl sites for hydroxylation is 1. The Kier molecular flexibility index (Phi) is 10.9. The maximum absolute atomic E-state index is 11.7. The Hall–Kier alpha value is -1.50. The van der Waals surface area contributed by atoms with Gasteiger partial charge in [0.25, 0.3) is 0 Å². The Morgan fingerprint density at radius 2 is 1.58 bits per heavy atom. The third-order valence-corrected chi connectivity index (χ3v) is 5.48. The van der Waals surface area contributed by atoms with Crippen LogP contribution in [0, 0.1) is 0 Å². The van der Waals surface area contributed by atoms with Crippen molar-refractivity contribution in [2.75, 3.05) is 18.8 Å². The van der Waals surface area contributed by atoms with Gasteiger partial charge in [0.2, 0.25) is 0 Å². The summed E-state index contributed by atoms with van der Waals surface area (Å²) < 4.78 is 1.99. The number of amides is 2. The van der Waals surface area contributed by atoms with E-state index in [1.54, 1.807) is 18.1 Å². The molecule has 26 heavy (non-hydrogen) atoms. The molecule has 2 rings (SSSR count). The van der Waals surface area contributed by atoms with E-state index >= 15 is 0 Å². The Morgan fingerprint density at radius 1 is 0.885 bits per heavy atom. The third-order valence-electron chi connectivity index (χ3n) is 4.41. The fourth-order valence-electron chi connectivity index (χ4n) is 2.88. The zero-order valence-corrected chi connectivity index (χ0v) is 16.6. The van der Waals surface area contributed by atoms with E-state index in [9.17, 15) is 4.79 Å². The molecule has 2 heterocycles. The average molecular weight is 380 g/mol. The Balaban J connectivity index is 1.74. The first-order valence-electron chi connectivity index (χ1n) is 10.0. The maximum Gasteiger partial charge on any atom is 0.314 e. The number of urea groups is 1. The molecule has 7 heteroatoms. The van der Waals surface area contributed by atoms with Crippen molar-refractivity contribution in [1.29, 1.82) is 0 Å². The van der Waals surface area contributed by atoms with Gasteiger partial charge < -0.3 is 10.6 Å². The number of fused-ring (bicyclic) bond motifs is 1. The largest absolute Gasteiger partial charge is 0.338 e. The molecular weight excluding hydrogens is 346 g/mol. The minimum absolute atomic E-state index is 0.0558. The number of allylic oxidation sites excluding steroid dienone is 2. The molecule has 0 bridgehead atoms. The molecule has 2 amide bonds. The Labute approximate surface area is 161 Å². The highest BCUT2D eigenvalue weighted by atomic mass is 32.2. The standard InChI is InChI=1S/C19H33N5OS/c25-18-20-13-9-7-5-3-1-2-4-6-8-12-16-26-19-22-17-23-24(19)15-11-10-14-21-18/h1,3,17H,2,4-16H2,(H2,20,21,25)/b3-1-. The highest BCUT2D eigenvalue weighted by molar-refractivity contribution is 7.99. The normalized spacial score (nSPS) is 21.3. The first-order valence-corrected chi connectivity index (χ1v) is 11.0. The summed E-state index contributed by atoms with van der Waals surface area (Å²) in [4.78, 5) is 16.1. The highest BCUT2D eigenvalue weighted by Gasteiger charge is 2.05. The van der Waals surface area contributed by atoms with E-state index < -0.39 is 0 Å². The van der Waals surface area contributed by atoms with Crippen molar-refractivity contribution in [3.05, 3.63) is 18.5 Å². The predicted molar refractivity (Wildman–Crippen MR) is 107 cm³/mol. The van der Waals surface area contributed by atoms with Crippen molar-refractivity contribution < 1.29 is 4.79 Å². The van der Waals surface area contributed by atoms with Gasteiger partial charge in [-0.15, -0.1) is 0 Å². The first-order chi connectivity index (χ1) is 12.9. The lowest BCUT2D eigenvalue weighted by Crippen LogP contribution is -2.36. The van der Waals surface area contributed by atoms with Crippen LogP contribution < -0.4 is 10.6 Å². The second kappa shape index (κ2) is 13.7. The number of rotatable bonds is 0. The van der Waals surface area contributed by atoms with E-state index in [-0.39, 0.29) is 6.03 Å². The van der Waals surface area contributed by atoms with Gasteiger partial charge in [-0.1, -0.05) is 36.8 Å². The molecular formula is C19H33N5OS. The van der Waals surface area contributed by atoms with E-state index in [1.165, 1.54) is 32.1 Å². The van der Waals surface area contributed by atoms with Crippen molar-refractivity contribution in [3.63, 3.8) is 0 Å². The van der Waals surface area contributed by atoms with Crippen LogP contribution in [0.4, 0.5) is 4.79 Å². The molecule has 0 saturated carbocycles. The summed E-state index contributed by atoms with van der Waals surface area (Å²) >= 11 is 1.80. The fourth-order valence-corrected chi connectivity index (χ4v) is 3.82. The molecule has 6 nitrogen and oxygen atoms in total. The van der Waals surface area contributed by atoms with Crippen LogP contribution in [0.1, 0.15) is 64.2 Å². The maximum atomic E-state index is 11.7. The summed E-state index contributed by atoms with van der Waals surface area (Å²) in [5.74, 6) is 1.11.